The molecule has 16 heavy (non-hydrogen) atoms. The molecule has 0 aliphatic carbocycles. The van der Waals surface area contributed by atoms with E-state index >= 15 is 0 Å². The Labute approximate surface area is 110 Å². The second-order valence-corrected chi connectivity index (χ2v) is 5.07. The predicted molar refractivity (Wildman–Crippen MR) is 75.1 cm³/mol. The van der Waals surface area contributed by atoms with E-state index in [0.717, 1.165) is 17.1 Å². The SMILES string of the molecule is Cc1ccc(Oc2cc(I)ccc2C)cc1. The molecule has 0 atom stereocenters. The van der Waals surface area contributed by atoms with Gasteiger partial charge >= 0.3 is 0 Å². The van der Waals surface area contributed by atoms with Gasteiger partial charge in [-0.15, -0.1) is 0 Å². The van der Waals surface area contributed by atoms with E-state index in [-0.39, 0.29) is 0 Å². The van der Waals surface area contributed by atoms with Crippen molar-refractivity contribution in [3.8, 4) is 11.5 Å². The van der Waals surface area contributed by atoms with Crippen LogP contribution in [0.4, 0.5) is 0 Å². The van der Waals surface area contributed by atoms with E-state index in [1.165, 1.54) is 9.13 Å². The fourth-order valence-electron chi connectivity index (χ4n) is 1.42. The number of hydrogen-bond donors (Lipinski definition) is 0. The van der Waals surface area contributed by atoms with Crippen molar-refractivity contribution in [2.24, 2.45) is 0 Å². The lowest BCUT2D eigenvalue weighted by Crippen LogP contribution is -1.88. The topological polar surface area (TPSA) is 9.23 Å². The smallest absolute Gasteiger partial charge is 0.131 e. The molecule has 0 amide bonds. The monoisotopic (exact) mass is 324 g/mol. The molecule has 0 unspecified atom stereocenters. The summed E-state index contributed by atoms with van der Waals surface area (Å²) in [6.45, 7) is 4.13. The molecule has 0 aliphatic rings. The molecule has 0 N–H and O–H groups in total. The van der Waals surface area contributed by atoms with Crippen LogP contribution in [0.5, 0.6) is 11.5 Å². The first-order valence-electron chi connectivity index (χ1n) is 5.16. The number of benzene rings is 2. The van der Waals surface area contributed by atoms with Crippen molar-refractivity contribution in [2.45, 2.75) is 13.8 Å². The Morgan fingerprint density at radius 3 is 2.31 bits per heavy atom. The zero-order chi connectivity index (χ0) is 11.5. The Balaban J connectivity index is 2.26. The molecular formula is C14H13IO. The first-order valence-corrected chi connectivity index (χ1v) is 6.24. The van der Waals surface area contributed by atoms with Crippen LogP contribution in [0.3, 0.4) is 0 Å². The van der Waals surface area contributed by atoms with Crippen molar-refractivity contribution in [1.29, 1.82) is 0 Å². The van der Waals surface area contributed by atoms with E-state index in [1.54, 1.807) is 0 Å². The van der Waals surface area contributed by atoms with E-state index < -0.39 is 0 Å². The van der Waals surface area contributed by atoms with Crippen molar-refractivity contribution >= 4 is 22.6 Å². The first-order chi connectivity index (χ1) is 7.65. The molecule has 0 heterocycles. The lowest BCUT2D eigenvalue weighted by molar-refractivity contribution is 0.478. The van der Waals surface area contributed by atoms with Crippen LogP contribution in [0.1, 0.15) is 11.1 Å². The lowest BCUT2D eigenvalue weighted by Gasteiger charge is -2.09. The van der Waals surface area contributed by atoms with Crippen LogP contribution < -0.4 is 4.74 Å². The summed E-state index contributed by atoms with van der Waals surface area (Å²) in [5, 5.41) is 0. The van der Waals surface area contributed by atoms with Crippen molar-refractivity contribution in [1.82, 2.24) is 0 Å². The van der Waals surface area contributed by atoms with Gasteiger partial charge in [0.2, 0.25) is 0 Å². The summed E-state index contributed by atoms with van der Waals surface area (Å²) in [6.07, 6.45) is 0. The van der Waals surface area contributed by atoms with Gasteiger partial charge in [-0.1, -0.05) is 23.8 Å². The standard InChI is InChI=1S/C14H13IO/c1-10-3-7-13(8-4-10)16-14-9-12(15)6-5-11(14)2/h3-9H,1-2H3. The maximum Gasteiger partial charge on any atom is 0.131 e. The predicted octanol–water partition coefficient (Wildman–Crippen LogP) is 4.70. The van der Waals surface area contributed by atoms with Gasteiger partial charge in [0.15, 0.2) is 0 Å². The second kappa shape index (κ2) is 4.87. The fraction of sp³-hybridized carbons (Fsp3) is 0.143. The third kappa shape index (κ3) is 2.76. The molecule has 0 aliphatic heterocycles. The molecule has 2 aromatic carbocycles. The van der Waals surface area contributed by atoms with E-state index in [9.17, 15) is 0 Å². The molecule has 2 rings (SSSR count). The average molecular weight is 324 g/mol. The third-order valence-electron chi connectivity index (χ3n) is 2.40. The summed E-state index contributed by atoms with van der Waals surface area (Å²) in [5.74, 6) is 1.81. The zero-order valence-electron chi connectivity index (χ0n) is 9.33. The summed E-state index contributed by atoms with van der Waals surface area (Å²) in [5.41, 5.74) is 2.40. The fourth-order valence-corrected chi connectivity index (χ4v) is 1.88. The minimum Gasteiger partial charge on any atom is -0.457 e. The largest absolute Gasteiger partial charge is 0.457 e. The van der Waals surface area contributed by atoms with Crippen LogP contribution in [-0.4, -0.2) is 0 Å². The van der Waals surface area contributed by atoms with Crippen LogP contribution in [0.15, 0.2) is 42.5 Å². The Morgan fingerprint density at radius 1 is 0.938 bits per heavy atom. The van der Waals surface area contributed by atoms with Gasteiger partial charge in [0.25, 0.3) is 0 Å². The number of ether oxygens (including phenoxy) is 1. The van der Waals surface area contributed by atoms with Gasteiger partial charge in [0.05, 0.1) is 0 Å². The normalized spacial score (nSPS) is 10.2. The highest BCUT2D eigenvalue weighted by Gasteiger charge is 2.01. The van der Waals surface area contributed by atoms with Crippen LogP contribution in [0, 0.1) is 17.4 Å². The van der Waals surface area contributed by atoms with Crippen molar-refractivity contribution < 1.29 is 4.74 Å². The van der Waals surface area contributed by atoms with Crippen molar-refractivity contribution in [3.63, 3.8) is 0 Å². The quantitative estimate of drug-likeness (QED) is 0.728. The summed E-state index contributed by atoms with van der Waals surface area (Å²) >= 11 is 2.29. The highest BCUT2D eigenvalue weighted by Crippen LogP contribution is 2.26. The Kier molecular flexibility index (Phi) is 3.49. The molecule has 0 saturated carbocycles. The van der Waals surface area contributed by atoms with Crippen molar-refractivity contribution in [2.75, 3.05) is 0 Å². The third-order valence-corrected chi connectivity index (χ3v) is 3.07. The summed E-state index contributed by atoms with van der Waals surface area (Å²) < 4.78 is 7.03. The minimum absolute atomic E-state index is 0.885. The number of rotatable bonds is 2. The molecule has 82 valence electrons. The molecule has 0 saturated heterocycles. The van der Waals surface area contributed by atoms with Gasteiger partial charge in [0.1, 0.15) is 11.5 Å². The zero-order valence-corrected chi connectivity index (χ0v) is 11.5. The highest BCUT2D eigenvalue weighted by atomic mass is 127. The second-order valence-electron chi connectivity index (χ2n) is 3.82. The lowest BCUT2D eigenvalue weighted by atomic mass is 10.2. The van der Waals surface area contributed by atoms with E-state index in [0.29, 0.717) is 0 Å². The van der Waals surface area contributed by atoms with Gasteiger partial charge in [-0.25, -0.2) is 0 Å². The molecule has 2 aromatic rings. The number of hydrogen-bond acceptors (Lipinski definition) is 1. The number of halogens is 1. The molecule has 1 nitrogen and oxygen atoms in total. The summed E-state index contributed by atoms with van der Waals surface area (Å²) in [7, 11) is 0. The van der Waals surface area contributed by atoms with Gasteiger partial charge in [-0.05, 0) is 66.3 Å². The van der Waals surface area contributed by atoms with Gasteiger partial charge in [-0.3, -0.25) is 0 Å². The van der Waals surface area contributed by atoms with Crippen LogP contribution in [0.25, 0.3) is 0 Å². The van der Waals surface area contributed by atoms with E-state index in [2.05, 4.69) is 66.8 Å². The maximum atomic E-state index is 5.84. The van der Waals surface area contributed by atoms with E-state index in [4.69, 9.17) is 4.74 Å². The molecular weight excluding hydrogens is 311 g/mol. The molecule has 0 spiro atoms. The molecule has 0 bridgehead atoms. The molecule has 0 fully saturated rings. The highest BCUT2D eigenvalue weighted by molar-refractivity contribution is 14.1. The van der Waals surface area contributed by atoms with Crippen molar-refractivity contribution in [3.05, 3.63) is 57.2 Å². The Bertz CT molecular complexity index is 489. The number of aryl methyl sites for hydroxylation is 2. The summed E-state index contributed by atoms with van der Waals surface area (Å²) in [4.78, 5) is 0. The van der Waals surface area contributed by atoms with Gasteiger partial charge in [-0.2, -0.15) is 0 Å². The Hall–Kier alpha value is -1.03. The molecule has 2 heteroatoms. The first kappa shape index (κ1) is 11.5. The Morgan fingerprint density at radius 2 is 1.62 bits per heavy atom. The van der Waals surface area contributed by atoms with Gasteiger partial charge < -0.3 is 4.74 Å². The molecule has 0 aromatic heterocycles. The maximum absolute atomic E-state index is 5.84. The average Bonchev–Trinajstić information content (AvgIpc) is 2.27. The van der Waals surface area contributed by atoms with Crippen LogP contribution in [0.2, 0.25) is 0 Å². The van der Waals surface area contributed by atoms with Crippen LogP contribution in [-0.2, 0) is 0 Å². The van der Waals surface area contributed by atoms with Crippen LogP contribution >= 0.6 is 22.6 Å². The van der Waals surface area contributed by atoms with E-state index in [1.807, 2.05) is 12.1 Å². The van der Waals surface area contributed by atoms with Gasteiger partial charge in [0, 0.05) is 3.57 Å². The molecule has 0 radical (unpaired) electrons. The minimum atomic E-state index is 0.885. The summed E-state index contributed by atoms with van der Waals surface area (Å²) in [6, 6.07) is 14.3.